The maximum Gasteiger partial charge on any atom is 0.241 e. The molecule has 5 nitrogen and oxygen atoms in total. The average Bonchev–Trinajstić information content (AvgIpc) is 2.86. The predicted molar refractivity (Wildman–Crippen MR) is 92.5 cm³/mol. The van der Waals surface area contributed by atoms with Gasteiger partial charge >= 0.3 is 0 Å². The van der Waals surface area contributed by atoms with E-state index in [-0.39, 0.29) is 18.3 Å². The lowest BCUT2D eigenvalue weighted by atomic mass is 10.1. The Morgan fingerprint density at radius 2 is 2.09 bits per heavy atom. The van der Waals surface area contributed by atoms with Crippen LogP contribution in [0.4, 0.5) is 5.69 Å². The third-order valence-corrected chi connectivity index (χ3v) is 4.13. The fraction of sp³-hybridized carbons (Fsp3) is 0.333. The summed E-state index contributed by atoms with van der Waals surface area (Å²) in [6.07, 6.45) is 5.27. The number of rotatable bonds is 6. The molecule has 120 valence electrons. The number of nitrogens with one attached hydrogen (secondary N) is 1. The zero-order valence-electron chi connectivity index (χ0n) is 12.7. The van der Waals surface area contributed by atoms with E-state index in [1.807, 2.05) is 49.0 Å². The minimum absolute atomic E-state index is 0. The van der Waals surface area contributed by atoms with Crippen LogP contribution in [0, 0.1) is 0 Å². The number of hydrogen-bond acceptors (Lipinski definition) is 4. The van der Waals surface area contributed by atoms with Crippen molar-refractivity contribution in [3.8, 4) is 0 Å². The Bertz CT molecular complexity index is 600. The third kappa shape index (κ3) is 5.05. The molecule has 2 aromatic rings. The molecule has 0 aliphatic rings. The van der Waals surface area contributed by atoms with Crippen LogP contribution in [0.15, 0.2) is 46.7 Å². The first-order chi connectivity index (χ1) is 10.1. The Balaban J connectivity index is 0.00000242. The van der Waals surface area contributed by atoms with E-state index in [0.717, 1.165) is 22.2 Å². The number of carbonyl (C=O) groups is 1. The minimum atomic E-state index is -0.448. The second-order valence-corrected chi connectivity index (χ2v) is 5.87. The number of aromatic nitrogens is 2. The van der Waals surface area contributed by atoms with Crippen molar-refractivity contribution in [2.75, 3.05) is 5.32 Å². The van der Waals surface area contributed by atoms with Crippen LogP contribution in [0.2, 0.25) is 0 Å². The number of nitrogens with zero attached hydrogens (tertiary/aromatic N) is 2. The smallest absolute Gasteiger partial charge is 0.241 e. The van der Waals surface area contributed by atoms with E-state index >= 15 is 0 Å². The molecule has 1 aromatic carbocycles. The molecule has 1 aromatic heterocycles. The van der Waals surface area contributed by atoms with Crippen LogP contribution in [0.25, 0.3) is 0 Å². The van der Waals surface area contributed by atoms with Gasteiger partial charge in [0.05, 0.1) is 6.04 Å². The lowest BCUT2D eigenvalue weighted by molar-refractivity contribution is -0.117. The van der Waals surface area contributed by atoms with E-state index in [2.05, 4.69) is 10.3 Å². The van der Waals surface area contributed by atoms with Crippen molar-refractivity contribution in [1.29, 1.82) is 0 Å². The number of nitrogens with two attached hydrogens (primary N) is 1. The Hall–Kier alpha value is -1.50. The molecule has 0 aliphatic heterocycles. The summed E-state index contributed by atoms with van der Waals surface area (Å²) in [4.78, 5) is 17.2. The third-order valence-electron chi connectivity index (χ3n) is 3.04. The van der Waals surface area contributed by atoms with Gasteiger partial charge in [-0.05, 0) is 30.7 Å². The minimum Gasteiger partial charge on any atom is -0.329 e. The van der Waals surface area contributed by atoms with Gasteiger partial charge in [0.25, 0.3) is 0 Å². The van der Waals surface area contributed by atoms with Crippen molar-refractivity contribution in [3.63, 3.8) is 0 Å². The maximum absolute atomic E-state index is 11.8. The van der Waals surface area contributed by atoms with Crippen molar-refractivity contribution in [2.45, 2.75) is 35.9 Å². The fourth-order valence-corrected chi connectivity index (χ4v) is 2.64. The van der Waals surface area contributed by atoms with Gasteiger partial charge in [-0.15, -0.1) is 12.4 Å². The van der Waals surface area contributed by atoms with Crippen LogP contribution in [0.1, 0.15) is 19.8 Å². The molecular weight excluding hydrogens is 320 g/mol. The summed E-state index contributed by atoms with van der Waals surface area (Å²) in [5.74, 6) is -0.138. The Labute approximate surface area is 141 Å². The highest BCUT2D eigenvalue weighted by atomic mass is 35.5. The number of halogens is 1. The maximum atomic E-state index is 11.8. The van der Waals surface area contributed by atoms with E-state index in [4.69, 9.17) is 5.73 Å². The van der Waals surface area contributed by atoms with E-state index in [0.29, 0.717) is 6.42 Å². The topological polar surface area (TPSA) is 72.9 Å². The number of hydrogen-bond donors (Lipinski definition) is 2. The molecule has 1 unspecified atom stereocenters. The summed E-state index contributed by atoms with van der Waals surface area (Å²) in [6, 6.07) is 7.22. The molecule has 0 bridgehead atoms. The SMILES string of the molecule is CCCC(N)C(=O)Nc1ccc(Sc2nccn2C)cc1.Cl. The molecule has 0 spiro atoms. The summed E-state index contributed by atoms with van der Waals surface area (Å²) in [7, 11) is 1.96. The van der Waals surface area contributed by atoms with Crippen LogP contribution in [-0.4, -0.2) is 21.5 Å². The van der Waals surface area contributed by atoms with Gasteiger partial charge in [-0.3, -0.25) is 4.79 Å². The lowest BCUT2D eigenvalue weighted by Gasteiger charge is -2.11. The van der Waals surface area contributed by atoms with Gasteiger partial charge in [-0.1, -0.05) is 25.1 Å². The van der Waals surface area contributed by atoms with E-state index in [9.17, 15) is 4.79 Å². The average molecular weight is 341 g/mol. The number of imidazole rings is 1. The first kappa shape index (κ1) is 18.5. The second-order valence-electron chi connectivity index (χ2n) is 4.83. The van der Waals surface area contributed by atoms with Crippen LogP contribution < -0.4 is 11.1 Å². The molecule has 2 rings (SSSR count). The van der Waals surface area contributed by atoms with E-state index < -0.39 is 6.04 Å². The van der Waals surface area contributed by atoms with E-state index in [1.54, 1.807) is 18.0 Å². The van der Waals surface area contributed by atoms with Gasteiger partial charge in [0.1, 0.15) is 0 Å². The summed E-state index contributed by atoms with van der Waals surface area (Å²) in [6.45, 7) is 2.01. The highest BCUT2D eigenvalue weighted by Crippen LogP contribution is 2.26. The van der Waals surface area contributed by atoms with Gasteiger partial charge in [-0.2, -0.15) is 0 Å². The Kier molecular flexibility index (Phi) is 7.44. The van der Waals surface area contributed by atoms with Crippen LogP contribution in [-0.2, 0) is 11.8 Å². The van der Waals surface area contributed by atoms with Gasteiger partial charge < -0.3 is 15.6 Å². The Morgan fingerprint density at radius 3 is 2.64 bits per heavy atom. The van der Waals surface area contributed by atoms with Crippen molar-refractivity contribution >= 4 is 35.8 Å². The normalized spacial score (nSPS) is 11.6. The zero-order chi connectivity index (χ0) is 15.2. The van der Waals surface area contributed by atoms with Crippen molar-refractivity contribution < 1.29 is 4.79 Å². The molecule has 22 heavy (non-hydrogen) atoms. The van der Waals surface area contributed by atoms with Crippen LogP contribution in [0.3, 0.4) is 0 Å². The molecule has 0 fully saturated rings. The Morgan fingerprint density at radius 1 is 1.41 bits per heavy atom. The molecule has 1 heterocycles. The number of anilines is 1. The summed E-state index contributed by atoms with van der Waals surface area (Å²) in [5, 5.41) is 3.76. The first-order valence-electron chi connectivity index (χ1n) is 6.92. The standard InChI is InChI=1S/C15H20N4OS.ClH/c1-3-4-13(16)14(20)18-11-5-7-12(8-6-11)21-15-17-9-10-19(15)2;/h5-10,13H,3-4,16H2,1-2H3,(H,18,20);1H. The van der Waals surface area contributed by atoms with Gasteiger partial charge in [0.2, 0.25) is 5.91 Å². The predicted octanol–water partition coefficient (Wildman–Crippen LogP) is 3.06. The summed E-state index contributed by atoms with van der Waals surface area (Å²) < 4.78 is 1.96. The lowest BCUT2D eigenvalue weighted by Crippen LogP contribution is -2.35. The first-order valence-corrected chi connectivity index (χ1v) is 7.73. The molecular formula is C15H21ClN4OS. The molecule has 0 radical (unpaired) electrons. The van der Waals surface area contributed by atoms with Crippen molar-refractivity contribution in [2.24, 2.45) is 12.8 Å². The fourth-order valence-electron chi connectivity index (χ4n) is 1.84. The molecule has 0 saturated heterocycles. The summed E-state index contributed by atoms with van der Waals surface area (Å²) in [5.41, 5.74) is 6.55. The number of aryl methyl sites for hydroxylation is 1. The quantitative estimate of drug-likeness (QED) is 0.847. The van der Waals surface area contributed by atoms with Crippen molar-refractivity contribution in [3.05, 3.63) is 36.7 Å². The van der Waals surface area contributed by atoms with Gasteiger partial charge in [-0.25, -0.2) is 4.98 Å². The largest absolute Gasteiger partial charge is 0.329 e. The summed E-state index contributed by atoms with van der Waals surface area (Å²) >= 11 is 1.58. The molecule has 1 amide bonds. The van der Waals surface area contributed by atoms with Crippen molar-refractivity contribution in [1.82, 2.24) is 9.55 Å². The molecule has 7 heteroatoms. The van der Waals surface area contributed by atoms with Crippen LogP contribution >= 0.6 is 24.2 Å². The number of benzene rings is 1. The van der Waals surface area contributed by atoms with Gasteiger partial charge in [0.15, 0.2) is 5.16 Å². The molecule has 1 atom stereocenters. The number of carbonyl (C=O) groups excluding carboxylic acids is 1. The number of amides is 1. The van der Waals surface area contributed by atoms with Gasteiger partial charge in [0, 0.05) is 30.0 Å². The second kappa shape index (κ2) is 8.82. The van der Waals surface area contributed by atoms with E-state index in [1.165, 1.54) is 0 Å². The zero-order valence-corrected chi connectivity index (χ0v) is 14.3. The monoisotopic (exact) mass is 340 g/mol. The highest BCUT2D eigenvalue weighted by Gasteiger charge is 2.12. The molecule has 3 N–H and O–H groups in total. The highest BCUT2D eigenvalue weighted by molar-refractivity contribution is 7.99. The molecule has 0 saturated carbocycles. The van der Waals surface area contributed by atoms with Crippen LogP contribution in [0.5, 0.6) is 0 Å². The molecule has 0 aliphatic carbocycles.